The summed E-state index contributed by atoms with van der Waals surface area (Å²) in [5.41, 5.74) is 2.21. The highest BCUT2D eigenvalue weighted by Gasteiger charge is 2.35. The molecule has 0 amide bonds. The number of nitro benzene ring substituents is 1. The van der Waals surface area contributed by atoms with Gasteiger partial charge in [-0.1, -0.05) is 51.5 Å². The van der Waals surface area contributed by atoms with Gasteiger partial charge in [0, 0.05) is 6.07 Å². The molecule has 1 unspecified atom stereocenters. The molecule has 7 nitrogen and oxygen atoms in total. The van der Waals surface area contributed by atoms with Crippen molar-refractivity contribution in [2.24, 2.45) is 24.8 Å². The van der Waals surface area contributed by atoms with Gasteiger partial charge in [0.05, 0.1) is 12.0 Å². The number of hydrogen-bond donors (Lipinski definition) is 0. The lowest BCUT2D eigenvalue weighted by Crippen LogP contribution is -2.37. The van der Waals surface area contributed by atoms with Gasteiger partial charge >= 0.3 is 5.97 Å². The molecular weight excluding hydrogens is 418 g/mol. The number of carbonyl (C=O) groups excluding carboxylic acids is 1. The fourth-order valence-corrected chi connectivity index (χ4v) is 5.28. The predicted molar refractivity (Wildman–Crippen MR) is 126 cm³/mol. The minimum Gasteiger partial charge on any atom is -0.459 e. The van der Waals surface area contributed by atoms with Crippen LogP contribution in [-0.4, -0.2) is 21.6 Å². The van der Waals surface area contributed by atoms with E-state index in [0.717, 1.165) is 30.3 Å². The molecule has 4 rings (SSSR count). The Hall–Kier alpha value is -3.22. The molecule has 0 N–H and O–H groups in total. The van der Waals surface area contributed by atoms with Gasteiger partial charge in [-0.05, 0) is 48.8 Å². The number of nitrogens with zero attached hydrogens (tertiary/aromatic N) is 3. The van der Waals surface area contributed by atoms with Crippen molar-refractivity contribution in [1.29, 1.82) is 0 Å². The molecule has 0 spiro atoms. The van der Waals surface area contributed by atoms with Crippen molar-refractivity contribution in [2.75, 3.05) is 0 Å². The summed E-state index contributed by atoms with van der Waals surface area (Å²) < 4.78 is 9.81. The summed E-state index contributed by atoms with van der Waals surface area (Å²) in [7, 11) is 1.87. The van der Waals surface area contributed by atoms with E-state index in [2.05, 4.69) is 20.8 Å². The highest BCUT2D eigenvalue weighted by molar-refractivity contribution is 5.81. The maximum atomic E-state index is 13.2. The smallest absolute Gasteiger partial charge is 0.348 e. The lowest BCUT2D eigenvalue weighted by molar-refractivity contribution is -0.634. The molecule has 1 aliphatic rings. The second-order valence-electron chi connectivity index (χ2n) is 9.59. The zero-order valence-corrected chi connectivity index (χ0v) is 19.7. The van der Waals surface area contributed by atoms with Crippen LogP contribution in [0.25, 0.3) is 22.4 Å². The molecule has 1 saturated carbocycles. The van der Waals surface area contributed by atoms with Crippen molar-refractivity contribution >= 4 is 22.7 Å². The maximum absolute atomic E-state index is 13.2. The van der Waals surface area contributed by atoms with Crippen LogP contribution in [0.2, 0.25) is 0 Å². The zero-order valence-electron chi connectivity index (χ0n) is 19.7. The lowest BCUT2D eigenvalue weighted by atomic mass is 9.75. The molecule has 0 bridgehead atoms. The normalized spacial score (nSPS) is 20.8. The number of rotatable bonds is 6. The molecule has 1 aromatic heterocycles. The monoisotopic (exact) mass is 450 g/mol. The third-order valence-electron chi connectivity index (χ3n) is 6.98. The summed E-state index contributed by atoms with van der Waals surface area (Å²) in [5, 5.41) is 11.7. The van der Waals surface area contributed by atoms with E-state index in [1.165, 1.54) is 6.07 Å². The second-order valence-corrected chi connectivity index (χ2v) is 9.59. The van der Waals surface area contributed by atoms with Gasteiger partial charge in [0.25, 0.3) is 11.5 Å². The zero-order chi connectivity index (χ0) is 23.7. The fraction of sp³-hybridized carbons (Fsp3) is 0.462. The van der Waals surface area contributed by atoms with Crippen molar-refractivity contribution in [1.82, 2.24) is 4.57 Å². The number of benzene rings is 2. The molecule has 0 aliphatic heterocycles. The first-order valence-corrected chi connectivity index (χ1v) is 11.7. The summed E-state index contributed by atoms with van der Waals surface area (Å²) in [4.78, 5) is 24.6. The van der Waals surface area contributed by atoms with Crippen molar-refractivity contribution in [3.05, 3.63) is 58.6 Å². The first kappa shape index (κ1) is 23.0. The number of imidazole rings is 1. The van der Waals surface area contributed by atoms with E-state index in [4.69, 9.17) is 4.74 Å². The van der Waals surface area contributed by atoms with Crippen molar-refractivity contribution in [3.63, 3.8) is 0 Å². The Bertz CT molecular complexity index is 1180. The van der Waals surface area contributed by atoms with E-state index in [9.17, 15) is 14.9 Å². The molecule has 174 valence electrons. The van der Waals surface area contributed by atoms with Crippen molar-refractivity contribution in [3.8, 4) is 11.4 Å². The van der Waals surface area contributed by atoms with Gasteiger partial charge in [-0.2, -0.15) is 0 Å². The summed E-state index contributed by atoms with van der Waals surface area (Å²) in [6.07, 6.45) is 3.02. The minimum absolute atomic E-state index is 0.00156. The summed E-state index contributed by atoms with van der Waals surface area (Å²) in [5.74, 6) is 1.64. The van der Waals surface area contributed by atoms with Gasteiger partial charge < -0.3 is 4.74 Å². The van der Waals surface area contributed by atoms with Crippen molar-refractivity contribution in [2.45, 2.75) is 52.7 Å². The third-order valence-corrected chi connectivity index (χ3v) is 6.98. The van der Waals surface area contributed by atoms with Crippen LogP contribution in [0, 0.1) is 27.9 Å². The quantitative estimate of drug-likeness (QED) is 0.228. The Morgan fingerprint density at radius 2 is 1.88 bits per heavy atom. The van der Waals surface area contributed by atoms with Crippen LogP contribution in [-0.2, 0) is 23.1 Å². The highest BCUT2D eigenvalue weighted by Crippen LogP contribution is 2.36. The number of carbonyl (C=O) groups is 1. The number of para-hydroxylation sites is 3. The van der Waals surface area contributed by atoms with E-state index < -0.39 is 0 Å². The standard InChI is InChI=1S/C26H32N3O4/c1-17(2)19-14-13-18(3)15-24(19)33-25(30)16-28-23-12-8-7-11-22(23)27(4)26(28)20-9-5-6-10-21(20)29(31)32/h5-12,17-19,24H,13-16H2,1-4H3/q+1/t18-,19+,24?/m1/s1. The number of nitro groups is 1. The Labute approximate surface area is 194 Å². The van der Waals surface area contributed by atoms with Crippen LogP contribution in [0.15, 0.2) is 48.5 Å². The fourth-order valence-electron chi connectivity index (χ4n) is 5.28. The largest absolute Gasteiger partial charge is 0.459 e. The summed E-state index contributed by atoms with van der Waals surface area (Å²) in [6, 6.07) is 14.4. The number of aromatic nitrogens is 2. The molecular formula is C26H32N3O4+. The molecule has 1 aliphatic carbocycles. The van der Waals surface area contributed by atoms with Crippen LogP contribution in [0.4, 0.5) is 5.69 Å². The van der Waals surface area contributed by atoms with Crippen molar-refractivity contribution < 1.29 is 19.0 Å². The van der Waals surface area contributed by atoms with E-state index >= 15 is 0 Å². The Morgan fingerprint density at radius 3 is 2.61 bits per heavy atom. The van der Waals surface area contributed by atoms with Gasteiger partial charge in [-0.3, -0.25) is 10.1 Å². The summed E-state index contributed by atoms with van der Waals surface area (Å²) in [6.45, 7) is 6.59. The number of fused-ring (bicyclic) bond motifs is 1. The SMILES string of the molecule is CC(C)[C@@H]1CC[C@@H](C)CC1OC(=O)Cn1c(-c2ccccc2[N+](=O)[O-])[n+](C)c2ccccc21. The first-order valence-electron chi connectivity index (χ1n) is 11.7. The van der Waals surface area contributed by atoms with E-state index in [1.807, 2.05) is 40.4 Å². The second kappa shape index (κ2) is 9.33. The minimum atomic E-state index is -0.383. The van der Waals surface area contributed by atoms with Crippen LogP contribution >= 0.6 is 0 Å². The molecule has 1 heterocycles. The van der Waals surface area contributed by atoms with Gasteiger partial charge in [0.2, 0.25) is 0 Å². The molecule has 0 radical (unpaired) electrons. The third kappa shape index (κ3) is 4.49. The molecule has 7 heteroatoms. The van der Waals surface area contributed by atoms with Crippen LogP contribution in [0.5, 0.6) is 0 Å². The van der Waals surface area contributed by atoms with E-state index in [1.54, 1.807) is 18.2 Å². The predicted octanol–water partition coefficient (Wildman–Crippen LogP) is 5.05. The number of ether oxygens (including phenoxy) is 1. The summed E-state index contributed by atoms with van der Waals surface area (Å²) >= 11 is 0. The average Bonchev–Trinajstić information content (AvgIpc) is 3.05. The van der Waals surface area contributed by atoms with Gasteiger partial charge in [-0.25, -0.2) is 13.9 Å². The van der Waals surface area contributed by atoms with Gasteiger partial charge in [-0.15, -0.1) is 0 Å². The Morgan fingerprint density at radius 1 is 1.18 bits per heavy atom. The number of hydrogen-bond acceptors (Lipinski definition) is 4. The molecule has 3 aromatic rings. The number of esters is 1. The van der Waals surface area contributed by atoms with Gasteiger partial charge in [0.15, 0.2) is 17.6 Å². The topological polar surface area (TPSA) is 78.2 Å². The van der Waals surface area contributed by atoms with Crippen LogP contribution in [0.3, 0.4) is 0 Å². The highest BCUT2D eigenvalue weighted by atomic mass is 16.6. The average molecular weight is 451 g/mol. The lowest BCUT2D eigenvalue weighted by Gasteiger charge is -2.36. The van der Waals surface area contributed by atoms with E-state index in [0.29, 0.717) is 29.1 Å². The molecule has 1 fully saturated rings. The molecule has 2 aromatic carbocycles. The van der Waals surface area contributed by atoms with E-state index in [-0.39, 0.29) is 29.2 Å². The molecule has 0 saturated heterocycles. The first-order chi connectivity index (χ1) is 15.8. The number of aryl methyl sites for hydroxylation is 1. The Kier molecular flexibility index (Phi) is 6.49. The maximum Gasteiger partial charge on any atom is 0.348 e. The van der Waals surface area contributed by atoms with Gasteiger partial charge in [0.1, 0.15) is 11.7 Å². The van der Waals surface area contributed by atoms with Crippen LogP contribution in [0.1, 0.15) is 40.0 Å². The van der Waals surface area contributed by atoms with Crippen LogP contribution < -0.4 is 4.57 Å². The molecule has 33 heavy (non-hydrogen) atoms. The molecule has 3 atom stereocenters. The Balaban J connectivity index is 1.73.